The number of hydrogen-bond donors (Lipinski definition) is 1. The summed E-state index contributed by atoms with van der Waals surface area (Å²) in [6.07, 6.45) is 1.11. The predicted molar refractivity (Wildman–Crippen MR) is 98.6 cm³/mol. The number of esters is 1. The van der Waals surface area contributed by atoms with Crippen molar-refractivity contribution in [1.29, 1.82) is 0 Å². The third-order valence-corrected chi connectivity index (χ3v) is 5.03. The number of anilines is 1. The molecule has 0 atom stereocenters. The van der Waals surface area contributed by atoms with Crippen LogP contribution in [0.5, 0.6) is 0 Å². The summed E-state index contributed by atoms with van der Waals surface area (Å²) in [5.41, 5.74) is 0.334. The van der Waals surface area contributed by atoms with Crippen molar-refractivity contribution < 1.29 is 22.7 Å². The zero-order chi connectivity index (χ0) is 19.4. The summed E-state index contributed by atoms with van der Waals surface area (Å²) < 4.78 is 27.9. The molecule has 1 N–H and O–H groups in total. The molecule has 2 aromatic rings. The molecule has 138 valence electrons. The second kappa shape index (κ2) is 7.70. The van der Waals surface area contributed by atoms with E-state index in [1.54, 1.807) is 13.8 Å². The Morgan fingerprint density at radius 1 is 1.00 bits per heavy atom. The average molecular weight is 375 g/mol. The molecule has 0 heterocycles. The molecule has 2 rings (SSSR count). The number of amides is 1. The first-order chi connectivity index (χ1) is 12.1. The molecule has 0 aromatic heterocycles. The van der Waals surface area contributed by atoms with Crippen molar-refractivity contribution >= 4 is 27.4 Å². The molecule has 0 unspecified atom stereocenters. The summed E-state index contributed by atoms with van der Waals surface area (Å²) in [5.74, 6) is -1.01. The number of rotatable bonds is 6. The van der Waals surface area contributed by atoms with Gasteiger partial charge in [0.25, 0.3) is 5.91 Å². The Labute approximate surface area is 153 Å². The van der Waals surface area contributed by atoms with E-state index in [2.05, 4.69) is 5.32 Å². The lowest BCUT2D eigenvalue weighted by Gasteiger charge is -2.22. The van der Waals surface area contributed by atoms with Gasteiger partial charge in [0.15, 0.2) is 16.4 Å². The van der Waals surface area contributed by atoms with Gasteiger partial charge in [-0.3, -0.25) is 9.59 Å². The van der Waals surface area contributed by atoms with E-state index in [0.29, 0.717) is 5.69 Å². The van der Waals surface area contributed by atoms with Crippen LogP contribution in [0, 0.1) is 0 Å². The quantitative estimate of drug-likeness (QED) is 0.784. The van der Waals surface area contributed by atoms with Gasteiger partial charge < -0.3 is 10.1 Å². The summed E-state index contributed by atoms with van der Waals surface area (Å²) in [4.78, 5) is 24.4. The highest BCUT2D eigenvalue weighted by molar-refractivity contribution is 7.90. The van der Waals surface area contributed by atoms with E-state index in [1.165, 1.54) is 24.3 Å². The molecule has 0 bridgehead atoms. The molecule has 0 radical (unpaired) electrons. The molecule has 1 amide bonds. The lowest BCUT2D eigenvalue weighted by atomic mass is 9.85. The number of carbonyl (C=O) groups excluding carboxylic acids is 2. The molecule has 0 aliphatic heterocycles. The Bertz CT molecular complexity index is 887. The normalized spacial score (nSPS) is 11.7. The number of ether oxygens (including phenoxy) is 1. The van der Waals surface area contributed by atoms with Crippen LogP contribution >= 0.6 is 0 Å². The van der Waals surface area contributed by atoms with Crippen molar-refractivity contribution in [2.75, 3.05) is 18.2 Å². The minimum atomic E-state index is -3.29. The van der Waals surface area contributed by atoms with Crippen LogP contribution < -0.4 is 5.32 Å². The summed E-state index contributed by atoms with van der Waals surface area (Å²) in [5, 5.41) is 2.56. The first-order valence-corrected chi connectivity index (χ1v) is 9.82. The Hall–Kier alpha value is -2.67. The third kappa shape index (κ3) is 4.92. The van der Waals surface area contributed by atoms with Crippen LogP contribution in [-0.2, 0) is 29.6 Å². The van der Waals surface area contributed by atoms with Gasteiger partial charge in [-0.05, 0) is 43.7 Å². The number of benzene rings is 2. The van der Waals surface area contributed by atoms with Crippen molar-refractivity contribution in [3.63, 3.8) is 0 Å². The Kier molecular flexibility index (Phi) is 5.82. The highest BCUT2D eigenvalue weighted by Crippen LogP contribution is 2.24. The Morgan fingerprint density at radius 3 is 2.12 bits per heavy atom. The van der Waals surface area contributed by atoms with Crippen molar-refractivity contribution in [1.82, 2.24) is 0 Å². The molecule has 7 heteroatoms. The maximum atomic E-state index is 12.3. The Morgan fingerprint density at radius 2 is 1.58 bits per heavy atom. The molecule has 6 nitrogen and oxygen atoms in total. The highest BCUT2D eigenvalue weighted by Gasteiger charge is 2.31. The smallest absolute Gasteiger partial charge is 0.316 e. The van der Waals surface area contributed by atoms with Gasteiger partial charge in [-0.2, -0.15) is 0 Å². The molecule has 0 fully saturated rings. The Balaban J connectivity index is 1.93. The second-order valence-corrected chi connectivity index (χ2v) is 8.43. The molecule has 0 aliphatic carbocycles. The topological polar surface area (TPSA) is 89.5 Å². The van der Waals surface area contributed by atoms with Crippen LogP contribution in [0.4, 0.5) is 5.69 Å². The van der Waals surface area contributed by atoms with Crippen LogP contribution in [0.3, 0.4) is 0 Å². The maximum absolute atomic E-state index is 12.3. The van der Waals surface area contributed by atoms with Gasteiger partial charge in [-0.25, -0.2) is 8.42 Å². The molecular weight excluding hydrogens is 354 g/mol. The fourth-order valence-electron chi connectivity index (χ4n) is 2.27. The average Bonchev–Trinajstić information content (AvgIpc) is 2.60. The van der Waals surface area contributed by atoms with Crippen LogP contribution in [0.25, 0.3) is 0 Å². The SMILES string of the molecule is CC(C)(C(=O)OCC(=O)Nc1ccc(S(C)(=O)=O)cc1)c1ccccc1. The summed E-state index contributed by atoms with van der Waals surface area (Å²) in [7, 11) is -3.29. The van der Waals surface area contributed by atoms with E-state index in [4.69, 9.17) is 4.74 Å². The molecule has 0 saturated carbocycles. The van der Waals surface area contributed by atoms with E-state index in [0.717, 1.165) is 11.8 Å². The minimum Gasteiger partial charge on any atom is -0.455 e. The molecule has 26 heavy (non-hydrogen) atoms. The highest BCUT2D eigenvalue weighted by atomic mass is 32.2. The van der Waals surface area contributed by atoms with E-state index in [9.17, 15) is 18.0 Å². The summed E-state index contributed by atoms with van der Waals surface area (Å²) in [6, 6.07) is 14.9. The standard InChI is InChI=1S/C19H21NO5S/c1-19(2,14-7-5-4-6-8-14)18(22)25-13-17(21)20-15-9-11-16(12-10-15)26(3,23)24/h4-12H,13H2,1-3H3,(H,20,21). The van der Waals surface area contributed by atoms with E-state index in [1.807, 2.05) is 30.3 Å². The fraction of sp³-hybridized carbons (Fsp3) is 0.263. The van der Waals surface area contributed by atoms with Crippen LogP contribution in [0.2, 0.25) is 0 Å². The van der Waals surface area contributed by atoms with Gasteiger partial charge in [0.2, 0.25) is 0 Å². The van der Waals surface area contributed by atoms with Gasteiger partial charge in [0.05, 0.1) is 10.3 Å². The van der Waals surface area contributed by atoms with Crippen molar-refractivity contribution in [2.45, 2.75) is 24.2 Å². The van der Waals surface area contributed by atoms with E-state index >= 15 is 0 Å². The van der Waals surface area contributed by atoms with Gasteiger partial charge in [-0.15, -0.1) is 0 Å². The summed E-state index contributed by atoms with van der Waals surface area (Å²) >= 11 is 0. The zero-order valence-electron chi connectivity index (χ0n) is 14.9. The van der Waals surface area contributed by atoms with E-state index in [-0.39, 0.29) is 4.90 Å². The lowest BCUT2D eigenvalue weighted by Crippen LogP contribution is -2.33. The number of sulfone groups is 1. The molecular formula is C19H21NO5S. The van der Waals surface area contributed by atoms with Crippen LogP contribution in [0.1, 0.15) is 19.4 Å². The minimum absolute atomic E-state index is 0.159. The van der Waals surface area contributed by atoms with Crippen molar-refractivity contribution in [2.24, 2.45) is 0 Å². The number of nitrogens with one attached hydrogen (secondary N) is 1. The lowest BCUT2D eigenvalue weighted by molar-refractivity contribution is -0.152. The molecule has 0 aliphatic rings. The largest absolute Gasteiger partial charge is 0.455 e. The third-order valence-electron chi connectivity index (χ3n) is 3.91. The molecule has 0 saturated heterocycles. The van der Waals surface area contributed by atoms with E-state index < -0.39 is 33.7 Å². The van der Waals surface area contributed by atoms with Crippen LogP contribution in [-0.4, -0.2) is 33.2 Å². The molecule has 0 spiro atoms. The van der Waals surface area contributed by atoms with Gasteiger partial charge in [0.1, 0.15) is 0 Å². The van der Waals surface area contributed by atoms with Crippen molar-refractivity contribution in [3.05, 3.63) is 60.2 Å². The van der Waals surface area contributed by atoms with Crippen LogP contribution in [0.15, 0.2) is 59.5 Å². The predicted octanol–water partition coefficient (Wildman–Crippen LogP) is 2.55. The fourth-order valence-corrected chi connectivity index (χ4v) is 2.90. The van der Waals surface area contributed by atoms with Crippen molar-refractivity contribution in [3.8, 4) is 0 Å². The number of hydrogen-bond acceptors (Lipinski definition) is 5. The van der Waals surface area contributed by atoms with Gasteiger partial charge in [0, 0.05) is 11.9 Å². The number of carbonyl (C=O) groups is 2. The zero-order valence-corrected chi connectivity index (χ0v) is 15.7. The first kappa shape index (κ1) is 19.7. The monoisotopic (exact) mass is 375 g/mol. The molecule has 2 aromatic carbocycles. The van der Waals surface area contributed by atoms with Gasteiger partial charge in [-0.1, -0.05) is 30.3 Å². The first-order valence-electron chi connectivity index (χ1n) is 7.93. The summed E-state index contributed by atoms with van der Waals surface area (Å²) in [6.45, 7) is 3.03. The maximum Gasteiger partial charge on any atom is 0.316 e. The second-order valence-electron chi connectivity index (χ2n) is 6.41. The van der Waals surface area contributed by atoms with Gasteiger partial charge >= 0.3 is 5.97 Å².